The fourth-order valence-corrected chi connectivity index (χ4v) is 4.34. The minimum absolute atomic E-state index is 0.0428. The van der Waals surface area contributed by atoms with E-state index in [1.54, 1.807) is 0 Å². The third-order valence-corrected chi connectivity index (χ3v) is 6.23. The zero-order valence-corrected chi connectivity index (χ0v) is 19.6. The summed E-state index contributed by atoms with van der Waals surface area (Å²) < 4.78 is 5.55. The van der Waals surface area contributed by atoms with Crippen LogP contribution in [0.15, 0.2) is 48.5 Å². The van der Waals surface area contributed by atoms with Crippen LogP contribution < -0.4 is 5.32 Å². The quantitative estimate of drug-likeness (QED) is 0.597. The van der Waals surface area contributed by atoms with Gasteiger partial charge in [-0.25, -0.2) is 9.59 Å². The number of hydrogen-bond acceptors (Lipinski definition) is 4. The van der Waals surface area contributed by atoms with Crippen molar-refractivity contribution in [3.8, 4) is 11.1 Å². The number of carbonyl (C=O) groups excluding carboxylic acids is 2. The normalized spacial score (nSPS) is 14.2. The van der Waals surface area contributed by atoms with Crippen LogP contribution in [0.4, 0.5) is 4.79 Å². The molecule has 2 unspecified atom stereocenters. The molecule has 2 aromatic rings. The van der Waals surface area contributed by atoms with Crippen LogP contribution in [0.1, 0.15) is 44.2 Å². The van der Waals surface area contributed by atoms with Crippen LogP contribution in [0.3, 0.4) is 0 Å². The summed E-state index contributed by atoms with van der Waals surface area (Å²) in [6.07, 6.45) is -0.0635. The first-order valence-electron chi connectivity index (χ1n) is 11.3. The van der Waals surface area contributed by atoms with E-state index in [1.165, 1.54) is 18.9 Å². The molecule has 2 amide bonds. The molecule has 0 heterocycles. The van der Waals surface area contributed by atoms with Crippen molar-refractivity contribution in [3.05, 3.63) is 59.7 Å². The van der Waals surface area contributed by atoms with E-state index in [2.05, 4.69) is 29.6 Å². The summed E-state index contributed by atoms with van der Waals surface area (Å²) in [6.45, 7) is 5.71. The number of amides is 2. The standard InChI is InChI=1S/C26H32N2O5/c1-16(2)13-18(24(29)28(4)17(3)25(30)31)14-27-26(32)33-15-23-21-11-7-5-9-19(21)20-10-6-8-12-22(20)23/h5-12,16-18,23H,13-15H2,1-4H3,(H,27,32)(H,30,31). The van der Waals surface area contributed by atoms with E-state index in [0.29, 0.717) is 6.42 Å². The molecule has 1 aliphatic rings. The second kappa shape index (κ2) is 10.5. The molecule has 0 aliphatic heterocycles. The number of hydrogen-bond donors (Lipinski definition) is 2. The average molecular weight is 453 g/mol. The lowest BCUT2D eigenvalue weighted by Gasteiger charge is -2.27. The Kier molecular flexibility index (Phi) is 7.74. The Bertz CT molecular complexity index is 974. The van der Waals surface area contributed by atoms with Crippen LogP contribution in [0.2, 0.25) is 0 Å². The molecule has 0 spiro atoms. The Morgan fingerprint density at radius 2 is 1.55 bits per heavy atom. The summed E-state index contributed by atoms with van der Waals surface area (Å²) in [5.74, 6) is -1.75. The van der Waals surface area contributed by atoms with Gasteiger partial charge >= 0.3 is 12.1 Å². The van der Waals surface area contributed by atoms with Crippen LogP contribution in [-0.2, 0) is 14.3 Å². The Balaban J connectivity index is 1.62. The minimum atomic E-state index is -1.07. The lowest BCUT2D eigenvalue weighted by atomic mass is 9.95. The maximum atomic E-state index is 12.8. The Hall–Kier alpha value is -3.35. The highest BCUT2D eigenvalue weighted by Crippen LogP contribution is 2.44. The number of likely N-dealkylation sites (N-methyl/N-ethyl adjacent to an activating group) is 1. The fourth-order valence-electron chi connectivity index (χ4n) is 4.34. The van der Waals surface area contributed by atoms with Gasteiger partial charge in [0.25, 0.3) is 0 Å². The van der Waals surface area contributed by atoms with E-state index in [4.69, 9.17) is 4.74 Å². The first kappa shape index (κ1) is 24.3. The number of aliphatic carboxylic acids is 1. The molecule has 2 N–H and O–H groups in total. The number of nitrogens with zero attached hydrogens (tertiary/aromatic N) is 1. The van der Waals surface area contributed by atoms with Gasteiger partial charge in [0.2, 0.25) is 5.91 Å². The SMILES string of the molecule is CC(C)CC(CNC(=O)OCC1c2ccccc2-c2ccccc21)C(=O)N(C)C(C)C(=O)O. The molecule has 0 bridgehead atoms. The number of nitrogens with one attached hydrogen (secondary N) is 1. The van der Waals surface area contributed by atoms with Gasteiger partial charge in [0.15, 0.2) is 0 Å². The van der Waals surface area contributed by atoms with E-state index in [9.17, 15) is 19.5 Å². The summed E-state index contributed by atoms with van der Waals surface area (Å²) in [5.41, 5.74) is 4.56. The number of carbonyl (C=O) groups is 3. The monoisotopic (exact) mass is 452 g/mol. The molecule has 0 saturated carbocycles. The van der Waals surface area contributed by atoms with Crippen LogP contribution in [0.25, 0.3) is 11.1 Å². The number of carboxylic acids is 1. The van der Waals surface area contributed by atoms with Crippen molar-refractivity contribution in [3.63, 3.8) is 0 Å². The highest BCUT2D eigenvalue weighted by Gasteiger charge is 2.31. The number of ether oxygens (including phenoxy) is 1. The van der Waals surface area contributed by atoms with E-state index < -0.39 is 24.0 Å². The maximum absolute atomic E-state index is 12.8. The van der Waals surface area contributed by atoms with Crippen molar-refractivity contribution >= 4 is 18.0 Å². The molecule has 0 radical (unpaired) electrons. The van der Waals surface area contributed by atoms with Crippen molar-refractivity contribution in [1.29, 1.82) is 0 Å². The lowest BCUT2D eigenvalue weighted by Crippen LogP contribution is -2.46. The largest absolute Gasteiger partial charge is 0.480 e. The molecule has 0 fully saturated rings. The molecular weight excluding hydrogens is 420 g/mol. The molecule has 7 heteroatoms. The Labute approximate surface area is 194 Å². The second-order valence-corrected chi connectivity index (χ2v) is 9.00. The predicted octanol–water partition coefficient (Wildman–Crippen LogP) is 4.12. The fraction of sp³-hybridized carbons (Fsp3) is 0.423. The zero-order valence-electron chi connectivity index (χ0n) is 19.6. The average Bonchev–Trinajstić information content (AvgIpc) is 3.12. The van der Waals surface area contributed by atoms with Gasteiger partial charge in [0.1, 0.15) is 12.6 Å². The zero-order chi connectivity index (χ0) is 24.1. The maximum Gasteiger partial charge on any atom is 0.407 e. The van der Waals surface area contributed by atoms with Crippen molar-refractivity contribution in [2.75, 3.05) is 20.2 Å². The number of benzene rings is 2. The number of carboxylic acid groups (broad SMARTS) is 1. The Morgan fingerprint density at radius 3 is 2.06 bits per heavy atom. The number of alkyl carbamates (subject to hydrolysis) is 1. The van der Waals surface area contributed by atoms with Gasteiger partial charge in [0, 0.05) is 19.5 Å². The number of rotatable bonds is 9. The second-order valence-electron chi connectivity index (χ2n) is 9.00. The van der Waals surface area contributed by atoms with Crippen LogP contribution >= 0.6 is 0 Å². The minimum Gasteiger partial charge on any atom is -0.480 e. The van der Waals surface area contributed by atoms with Crippen molar-refractivity contribution in [2.45, 2.75) is 39.2 Å². The summed E-state index contributed by atoms with van der Waals surface area (Å²) >= 11 is 0. The third kappa shape index (κ3) is 5.53. The smallest absolute Gasteiger partial charge is 0.407 e. The molecule has 2 atom stereocenters. The molecule has 0 aromatic heterocycles. The molecule has 2 aromatic carbocycles. The molecule has 0 saturated heterocycles. The first-order valence-corrected chi connectivity index (χ1v) is 11.3. The van der Waals surface area contributed by atoms with Crippen LogP contribution in [0, 0.1) is 11.8 Å². The van der Waals surface area contributed by atoms with Gasteiger partial charge in [-0.3, -0.25) is 4.79 Å². The van der Waals surface area contributed by atoms with E-state index >= 15 is 0 Å². The molecule has 33 heavy (non-hydrogen) atoms. The number of fused-ring (bicyclic) bond motifs is 3. The Morgan fingerprint density at radius 1 is 1.00 bits per heavy atom. The lowest BCUT2D eigenvalue weighted by molar-refractivity contribution is -0.150. The molecule has 1 aliphatic carbocycles. The van der Waals surface area contributed by atoms with Crippen LogP contribution in [-0.4, -0.2) is 54.2 Å². The van der Waals surface area contributed by atoms with Gasteiger partial charge in [-0.05, 0) is 41.5 Å². The van der Waals surface area contributed by atoms with Crippen molar-refractivity contribution in [1.82, 2.24) is 10.2 Å². The van der Waals surface area contributed by atoms with Gasteiger partial charge in [-0.15, -0.1) is 0 Å². The molecule has 7 nitrogen and oxygen atoms in total. The van der Waals surface area contributed by atoms with E-state index in [1.807, 2.05) is 38.1 Å². The van der Waals surface area contributed by atoms with Crippen LogP contribution in [0.5, 0.6) is 0 Å². The molecule has 3 rings (SSSR count). The van der Waals surface area contributed by atoms with Crippen molar-refractivity contribution in [2.24, 2.45) is 11.8 Å². The van der Waals surface area contributed by atoms with Gasteiger partial charge in [0.05, 0.1) is 5.92 Å². The van der Waals surface area contributed by atoms with E-state index in [0.717, 1.165) is 22.3 Å². The summed E-state index contributed by atoms with van der Waals surface area (Å²) in [7, 11) is 1.47. The van der Waals surface area contributed by atoms with E-state index in [-0.39, 0.29) is 30.9 Å². The predicted molar refractivity (Wildman–Crippen MR) is 126 cm³/mol. The molecule has 176 valence electrons. The summed E-state index contributed by atoms with van der Waals surface area (Å²) in [6, 6.07) is 15.3. The summed E-state index contributed by atoms with van der Waals surface area (Å²) in [4.78, 5) is 37.8. The highest BCUT2D eigenvalue weighted by molar-refractivity contribution is 5.85. The van der Waals surface area contributed by atoms with Gasteiger partial charge in [-0.2, -0.15) is 0 Å². The third-order valence-electron chi connectivity index (χ3n) is 6.23. The first-order chi connectivity index (χ1) is 15.7. The van der Waals surface area contributed by atoms with Gasteiger partial charge < -0.3 is 20.1 Å². The highest BCUT2D eigenvalue weighted by atomic mass is 16.5. The topological polar surface area (TPSA) is 95.9 Å². The molecular formula is C26H32N2O5. The van der Waals surface area contributed by atoms with Gasteiger partial charge in [-0.1, -0.05) is 62.4 Å². The summed E-state index contributed by atoms with van der Waals surface area (Å²) in [5, 5.41) is 11.9. The van der Waals surface area contributed by atoms with Crippen molar-refractivity contribution < 1.29 is 24.2 Å².